The molecule has 2 aliphatic heterocycles. The van der Waals surface area contributed by atoms with Gasteiger partial charge in [-0.25, -0.2) is 0 Å². The fourth-order valence-corrected chi connectivity index (χ4v) is 5.55. The molecule has 1 fully saturated rings. The fraction of sp³-hybridized carbons (Fsp3) is 0.382. The maximum atomic E-state index is 13.4. The van der Waals surface area contributed by atoms with E-state index in [4.69, 9.17) is 9.47 Å². The molecule has 2 aliphatic rings. The van der Waals surface area contributed by atoms with E-state index in [1.165, 1.54) is 6.20 Å². The Labute approximate surface area is 267 Å². The molecule has 3 amide bonds. The van der Waals surface area contributed by atoms with Gasteiger partial charge in [-0.2, -0.15) is 0 Å². The number of aliphatic carboxylic acids is 1. The summed E-state index contributed by atoms with van der Waals surface area (Å²) in [6, 6.07) is 12.8. The summed E-state index contributed by atoms with van der Waals surface area (Å²) >= 11 is 0. The number of carbonyl (C=O) groups is 4. The molecule has 1 unspecified atom stereocenters. The number of anilines is 2. The summed E-state index contributed by atoms with van der Waals surface area (Å²) in [7, 11) is 0. The lowest BCUT2D eigenvalue weighted by Crippen LogP contribution is -2.35. The van der Waals surface area contributed by atoms with Gasteiger partial charge in [-0.3, -0.25) is 24.2 Å². The van der Waals surface area contributed by atoms with Gasteiger partial charge in [0.15, 0.2) is 11.5 Å². The van der Waals surface area contributed by atoms with Crippen LogP contribution in [0.2, 0.25) is 0 Å². The number of ether oxygens (including phenoxy) is 2. The Morgan fingerprint density at radius 2 is 1.74 bits per heavy atom. The minimum atomic E-state index is -1.06. The highest BCUT2D eigenvalue weighted by Gasteiger charge is 2.26. The predicted molar refractivity (Wildman–Crippen MR) is 171 cm³/mol. The van der Waals surface area contributed by atoms with Crippen molar-refractivity contribution in [1.29, 1.82) is 0 Å². The number of benzene rings is 2. The number of rotatable bonds is 9. The van der Waals surface area contributed by atoms with Crippen molar-refractivity contribution in [3.63, 3.8) is 0 Å². The van der Waals surface area contributed by atoms with Crippen LogP contribution in [0.15, 0.2) is 60.9 Å². The molecular weight excluding hydrogens is 590 g/mol. The number of fused-ring (bicyclic) bond motifs is 1. The maximum absolute atomic E-state index is 13.4. The van der Waals surface area contributed by atoms with Crippen LogP contribution in [-0.2, 0) is 9.59 Å². The number of hydrogen-bond donors (Lipinski definition) is 3. The number of hydrogen-bond acceptors (Lipinski definition) is 8. The normalized spacial score (nSPS) is 15.1. The first-order valence-electron chi connectivity index (χ1n) is 15.3. The molecule has 0 radical (unpaired) electrons. The second-order valence-electron chi connectivity index (χ2n) is 12.6. The summed E-state index contributed by atoms with van der Waals surface area (Å²) in [5, 5.41) is 15.3. The van der Waals surface area contributed by atoms with Crippen LogP contribution in [0.3, 0.4) is 0 Å². The average Bonchev–Trinajstić information content (AvgIpc) is 3.35. The summed E-state index contributed by atoms with van der Waals surface area (Å²) < 4.78 is 10.8. The Balaban J connectivity index is 1.36. The molecule has 46 heavy (non-hydrogen) atoms. The molecule has 12 nitrogen and oxygen atoms in total. The number of nitrogens with one attached hydrogen (secondary N) is 2. The highest BCUT2D eigenvalue weighted by atomic mass is 16.7. The quantitative estimate of drug-likeness (QED) is 0.311. The molecule has 3 N–H and O–H groups in total. The lowest BCUT2D eigenvalue weighted by atomic mass is 9.92. The summed E-state index contributed by atoms with van der Waals surface area (Å²) in [6.45, 7) is 8.18. The summed E-state index contributed by atoms with van der Waals surface area (Å²) in [4.78, 5) is 59.4. The number of carbonyl (C=O) groups excluding carboxylic acids is 3. The Morgan fingerprint density at radius 3 is 2.48 bits per heavy atom. The first-order valence-corrected chi connectivity index (χ1v) is 15.3. The molecule has 1 atom stereocenters. The van der Waals surface area contributed by atoms with E-state index in [-0.39, 0.29) is 42.4 Å². The fourth-order valence-electron chi connectivity index (χ4n) is 5.55. The molecule has 1 aromatic heterocycles. The number of amides is 3. The molecule has 3 heterocycles. The van der Waals surface area contributed by atoms with Crippen molar-refractivity contribution in [1.82, 2.24) is 15.2 Å². The van der Waals surface area contributed by atoms with Gasteiger partial charge in [0.1, 0.15) is 0 Å². The zero-order valence-corrected chi connectivity index (χ0v) is 26.2. The molecule has 12 heteroatoms. The SMILES string of the molecule is CC(C)(C)CC(=O)Nc1cc(C(=O)NC(CC(=O)O)c2cccnc2)ccc1N1CCCN(C(=O)c2ccc3c(c2)OCO3)CC1. The standard InChI is InChI=1S/C34H39N5O7/c1-34(2,3)19-30(40)36-26-16-22(32(43)37-25(18-31(41)42)24-6-4-11-35-20-24)7-9-27(26)38-12-5-13-39(15-14-38)33(44)23-8-10-28-29(17-23)46-21-45-28/h4,6-11,16-17,20,25H,5,12-15,18-19,21H2,1-3H3,(H,36,40)(H,37,43)(H,41,42). The molecule has 0 saturated carbocycles. The highest BCUT2D eigenvalue weighted by molar-refractivity contribution is 6.00. The van der Waals surface area contributed by atoms with Gasteiger partial charge in [-0.1, -0.05) is 26.8 Å². The number of aromatic nitrogens is 1. The summed E-state index contributed by atoms with van der Waals surface area (Å²) in [5.74, 6) is -0.672. The molecule has 0 aliphatic carbocycles. The van der Waals surface area contributed by atoms with Crippen molar-refractivity contribution >= 4 is 35.1 Å². The molecular formula is C34H39N5O7. The summed E-state index contributed by atoms with van der Waals surface area (Å²) in [6.07, 6.45) is 3.73. The van der Waals surface area contributed by atoms with Gasteiger partial charge in [-0.05, 0) is 59.9 Å². The van der Waals surface area contributed by atoms with E-state index in [0.717, 1.165) is 5.69 Å². The Morgan fingerprint density at radius 1 is 0.957 bits per heavy atom. The van der Waals surface area contributed by atoms with Crippen LogP contribution in [0, 0.1) is 5.41 Å². The average molecular weight is 630 g/mol. The molecule has 3 aromatic rings. The van der Waals surface area contributed by atoms with Crippen LogP contribution in [0.5, 0.6) is 11.5 Å². The van der Waals surface area contributed by atoms with Crippen molar-refractivity contribution in [2.45, 2.75) is 46.1 Å². The van der Waals surface area contributed by atoms with Crippen LogP contribution in [0.1, 0.15) is 72.4 Å². The third-order valence-corrected chi connectivity index (χ3v) is 7.74. The van der Waals surface area contributed by atoms with Crippen molar-refractivity contribution in [3.05, 3.63) is 77.6 Å². The largest absolute Gasteiger partial charge is 0.481 e. The van der Waals surface area contributed by atoms with E-state index in [1.807, 2.05) is 20.8 Å². The van der Waals surface area contributed by atoms with Crippen LogP contribution in [0.25, 0.3) is 0 Å². The van der Waals surface area contributed by atoms with E-state index >= 15 is 0 Å². The van der Waals surface area contributed by atoms with Crippen molar-refractivity contribution in [3.8, 4) is 11.5 Å². The van der Waals surface area contributed by atoms with Gasteiger partial charge in [0, 0.05) is 56.1 Å². The Kier molecular flexibility index (Phi) is 9.74. The highest BCUT2D eigenvalue weighted by Crippen LogP contribution is 2.34. The van der Waals surface area contributed by atoms with Crippen LogP contribution < -0.4 is 25.0 Å². The third-order valence-electron chi connectivity index (χ3n) is 7.74. The Hall–Kier alpha value is -5.13. The molecule has 1 saturated heterocycles. The third kappa shape index (κ3) is 8.12. The van der Waals surface area contributed by atoms with Gasteiger partial charge in [-0.15, -0.1) is 0 Å². The summed E-state index contributed by atoms with van der Waals surface area (Å²) in [5.41, 5.74) is 2.29. The van der Waals surface area contributed by atoms with Crippen LogP contribution in [-0.4, -0.2) is 71.7 Å². The first-order chi connectivity index (χ1) is 22.0. The van der Waals surface area contributed by atoms with Gasteiger partial charge in [0.2, 0.25) is 12.7 Å². The van der Waals surface area contributed by atoms with E-state index in [0.29, 0.717) is 60.9 Å². The topological polar surface area (TPSA) is 150 Å². The molecule has 242 valence electrons. The van der Waals surface area contributed by atoms with Gasteiger partial charge < -0.3 is 35.0 Å². The lowest BCUT2D eigenvalue weighted by Gasteiger charge is -2.27. The zero-order valence-electron chi connectivity index (χ0n) is 26.2. The second kappa shape index (κ2) is 13.9. The number of pyridine rings is 1. The lowest BCUT2D eigenvalue weighted by molar-refractivity contribution is -0.137. The van der Waals surface area contributed by atoms with Gasteiger partial charge in [0.25, 0.3) is 11.8 Å². The first kappa shape index (κ1) is 32.3. The van der Waals surface area contributed by atoms with E-state index in [2.05, 4.69) is 20.5 Å². The molecule has 5 rings (SSSR count). The van der Waals surface area contributed by atoms with E-state index < -0.39 is 17.9 Å². The molecule has 0 spiro atoms. The van der Waals surface area contributed by atoms with Crippen molar-refractivity contribution < 1.29 is 33.8 Å². The minimum Gasteiger partial charge on any atom is -0.481 e. The second-order valence-corrected chi connectivity index (χ2v) is 12.6. The van der Waals surface area contributed by atoms with Gasteiger partial charge >= 0.3 is 5.97 Å². The van der Waals surface area contributed by atoms with Crippen molar-refractivity contribution in [2.24, 2.45) is 5.41 Å². The number of carboxylic acid groups (broad SMARTS) is 1. The number of carboxylic acids is 1. The minimum absolute atomic E-state index is 0.101. The van der Waals surface area contributed by atoms with Crippen LogP contribution in [0.4, 0.5) is 11.4 Å². The number of nitrogens with zero attached hydrogens (tertiary/aromatic N) is 3. The van der Waals surface area contributed by atoms with Crippen LogP contribution >= 0.6 is 0 Å². The van der Waals surface area contributed by atoms with E-state index in [9.17, 15) is 24.3 Å². The van der Waals surface area contributed by atoms with Gasteiger partial charge in [0.05, 0.1) is 23.8 Å². The predicted octanol–water partition coefficient (Wildman–Crippen LogP) is 4.48. The monoisotopic (exact) mass is 629 g/mol. The maximum Gasteiger partial charge on any atom is 0.305 e. The van der Waals surface area contributed by atoms with Crippen molar-refractivity contribution in [2.75, 3.05) is 43.2 Å². The molecule has 2 aromatic carbocycles. The smallest absolute Gasteiger partial charge is 0.305 e. The molecule has 0 bridgehead atoms. The van der Waals surface area contributed by atoms with E-state index in [1.54, 1.807) is 59.6 Å². The zero-order chi connectivity index (χ0) is 32.8. The Bertz CT molecular complexity index is 1610.